The van der Waals surface area contributed by atoms with Gasteiger partial charge in [0.25, 0.3) is 0 Å². The Morgan fingerprint density at radius 1 is 1.67 bits per heavy atom. The van der Waals surface area contributed by atoms with Gasteiger partial charge in [-0.1, -0.05) is 5.92 Å². The monoisotopic (exact) mass is 162 g/mol. The molecule has 1 rings (SSSR count). The Hall–Kier alpha value is -1.20. The summed E-state index contributed by atoms with van der Waals surface area (Å²) in [6.07, 6.45) is 9.19. The summed E-state index contributed by atoms with van der Waals surface area (Å²) in [6.45, 7) is 4.78. The molecule has 2 nitrogen and oxygen atoms in total. The highest BCUT2D eigenvalue weighted by Crippen LogP contribution is 2.02. The highest BCUT2D eigenvalue weighted by Gasteiger charge is 2.11. The zero-order valence-corrected chi connectivity index (χ0v) is 7.52. The number of hydrogen-bond donors (Lipinski definition) is 2. The van der Waals surface area contributed by atoms with Crippen LogP contribution in [0.2, 0.25) is 0 Å². The van der Waals surface area contributed by atoms with E-state index in [-0.39, 0.29) is 5.54 Å². The zero-order chi connectivity index (χ0) is 9.03. The van der Waals surface area contributed by atoms with E-state index in [2.05, 4.69) is 16.2 Å². The second-order valence-corrected chi connectivity index (χ2v) is 3.34. The van der Waals surface area contributed by atoms with Crippen molar-refractivity contribution in [3.8, 4) is 12.3 Å². The van der Waals surface area contributed by atoms with Crippen molar-refractivity contribution in [1.82, 2.24) is 10.3 Å². The summed E-state index contributed by atoms with van der Waals surface area (Å²) in [4.78, 5) is 2.99. The van der Waals surface area contributed by atoms with Gasteiger partial charge in [0.2, 0.25) is 0 Å². The van der Waals surface area contributed by atoms with Crippen LogP contribution in [0.5, 0.6) is 0 Å². The highest BCUT2D eigenvalue weighted by atomic mass is 14.9. The molecule has 2 heteroatoms. The molecule has 1 heterocycles. The molecule has 0 aromatic carbocycles. The van der Waals surface area contributed by atoms with Gasteiger partial charge in [0.1, 0.15) is 0 Å². The maximum absolute atomic E-state index is 5.33. The fourth-order valence-corrected chi connectivity index (χ4v) is 0.842. The molecule has 0 fully saturated rings. The molecule has 0 amide bonds. The lowest BCUT2D eigenvalue weighted by atomic mass is 10.1. The second kappa shape index (κ2) is 3.46. The number of H-pyrrole nitrogens is 1. The summed E-state index contributed by atoms with van der Waals surface area (Å²) < 4.78 is 0. The lowest BCUT2D eigenvalue weighted by molar-refractivity contribution is 0.491. The van der Waals surface area contributed by atoms with Gasteiger partial charge < -0.3 is 4.98 Å². The molecule has 64 valence electrons. The molecule has 0 aliphatic carbocycles. The highest BCUT2D eigenvalue weighted by molar-refractivity contribution is 5.12. The Labute approximate surface area is 73.4 Å². The van der Waals surface area contributed by atoms with Crippen molar-refractivity contribution in [2.75, 3.05) is 0 Å². The maximum Gasteiger partial charge on any atom is 0.0743 e. The number of aromatic amines is 1. The number of rotatable bonds is 3. The van der Waals surface area contributed by atoms with E-state index in [1.807, 2.05) is 32.3 Å². The fourth-order valence-electron chi connectivity index (χ4n) is 0.842. The van der Waals surface area contributed by atoms with Crippen LogP contribution in [-0.2, 0) is 6.54 Å². The number of hydrogen-bond acceptors (Lipinski definition) is 1. The minimum Gasteiger partial charge on any atom is -0.367 e. The van der Waals surface area contributed by atoms with Crippen LogP contribution < -0.4 is 5.32 Å². The van der Waals surface area contributed by atoms with Crippen molar-refractivity contribution in [3.05, 3.63) is 24.0 Å². The lowest BCUT2D eigenvalue weighted by Crippen LogP contribution is -2.36. The van der Waals surface area contributed by atoms with E-state index < -0.39 is 0 Å². The molecule has 2 N–H and O–H groups in total. The summed E-state index contributed by atoms with van der Waals surface area (Å²) in [5.74, 6) is 2.68. The van der Waals surface area contributed by atoms with Crippen molar-refractivity contribution >= 4 is 0 Å². The van der Waals surface area contributed by atoms with Crippen LogP contribution in [0.25, 0.3) is 0 Å². The first kappa shape index (κ1) is 8.89. The van der Waals surface area contributed by atoms with Crippen LogP contribution in [0.4, 0.5) is 0 Å². The third kappa shape index (κ3) is 2.44. The van der Waals surface area contributed by atoms with Crippen molar-refractivity contribution in [3.63, 3.8) is 0 Å². The predicted octanol–water partition coefficient (Wildman–Crippen LogP) is 1.52. The normalized spacial score (nSPS) is 11.1. The van der Waals surface area contributed by atoms with Crippen LogP contribution in [0.1, 0.15) is 19.4 Å². The lowest BCUT2D eigenvalue weighted by Gasteiger charge is -2.18. The summed E-state index contributed by atoms with van der Waals surface area (Å²) in [5, 5.41) is 3.25. The Bertz CT molecular complexity index is 265. The van der Waals surface area contributed by atoms with Crippen LogP contribution in [0, 0.1) is 12.3 Å². The van der Waals surface area contributed by atoms with E-state index in [4.69, 9.17) is 6.42 Å². The van der Waals surface area contributed by atoms with Gasteiger partial charge in [0, 0.05) is 18.9 Å². The Morgan fingerprint density at radius 3 is 2.92 bits per heavy atom. The predicted molar refractivity (Wildman–Crippen MR) is 50.5 cm³/mol. The molecule has 0 aliphatic rings. The average molecular weight is 162 g/mol. The molecule has 0 spiro atoms. The average Bonchev–Trinajstić information content (AvgIpc) is 2.53. The molecule has 0 atom stereocenters. The molecule has 12 heavy (non-hydrogen) atoms. The molecular weight excluding hydrogens is 148 g/mol. The van der Waals surface area contributed by atoms with E-state index >= 15 is 0 Å². The third-order valence-corrected chi connectivity index (χ3v) is 1.76. The van der Waals surface area contributed by atoms with Crippen LogP contribution >= 0.6 is 0 Å². The molecule has 0 aliphatic heterocycles. The molecule has 0 saturated carbocycles. The van der Waals surface area contributed by atoms with Gasteiger partial charge in [-0.15, -0.1) is 6.42 Å². The second-order valence-electron chi connectivity index (χ2n) is 3.34. The molecule has 0 unspecified atom stereocenters. The van der Waals surface area contributed by atoms with E-state index in [9.17, 15) is 0 Å². The molecule has 0 saturated heterocycles. The van der Waals surface area contributed by atoms with Crippen LogP contribution in [-0.4, -0.2) is 10.5 Å². The van der Waals surface area contributed by atoms with Gasteiger partial charge in [-0.3, -0.25) is 5.32 Å². The van der Waals surface area contributed by atoms with E-state index in [0.29, 0.717) is 0 Å². The minimum atomic E-state index is -0.225. The van der Waals surface area contributed by atoms with Crippen molar-refractivity contribution < 1.29 is 0 Å². The summed E-state index contributed by atoms with van der Waals surface area (Å²) in [5.41, 5.74) is 0.996. The largest absolute Gasteiger partial charge is 0.367 e. The topological polar surface area (TPSA) is 27.8 Å². The first-order valence-electron chi connectivity index (χ1n) is 3.98. The zero-order valence-electron chi connectivity index (χ0n) is 7.52. The number of terminal acetylenes is 1. The fraction of sp³-hybridized carbons (Fsp3) is 0.400. The first-order chi connectivity index (χ1) is 5.64. The van der Waals surface area contributed by atoms with Crippen molar-refractivity contribution in [2.45, 2.75) is 25.9 Å². The molecular formula is C10H14N2. The Balaban J connectivity index is 2.42. The van der Waals surface area contributed by atoms with E-state index in [1.165, 1.54) is 5.56 Å². The third-order valence-electron chi connectivity index (χ3n) is 1.76. The molecule has 1 aromatic heterocycles. The minimum absolute atomic E-state index is 0.225. The van der Waals surface area contributed by atoms with Crippen LogP contribution in [0.3, 0.4) is 0 Å². The Morgan fingerprint density at radius 2 is 2.42 bits per heavy atom. The standard InChI is InChI=1S/C10H14N2/c1-4-10(2,3)12-8-9-5-6-11-7-9/h1,5-7,11-12H,8H2,2-3H3. The van der Waals surface area contributed by atoms with Crippen molar-refractivity contribution in [1.29, 1.82) is 0 Å². The van der Waals surface area contributed by atoms with Crippen LogP contribution in [0.15, 0.2) is 18.5 Å². The quantitative estimate of drug-likeness (QED) is 0.648. The maximum atomic E-state index is 5.33. The molecule has 0 bridgehead atoms. The van der Waals surface area contributed by atoms with E-state index in [0.717, 1.165) is 6.54 Å². The molecule has 1 aromatic rings. The number of aromatic nitrogens is 1. The smallest absolute Gasteiger partial charge is 0.0743 e. The first-order valence-corrected chi connectivity index (χ1v) is 3.98. The van der Waals surface area contributed by atoms with Gasteiger partial charge >= 0.3 is 0 Å². The summed E-state index contributed by atoms with van der Waals surface area (Å²) >= 11 is 0. The van der Waals surface area contributed by atoms with Gasteiger partial charge in [-0.2, -0.15) is 0 Å². The van der Waals surface area contributed by atoms with Gasteiger partial charge in [0.15, 0.2) is 0 Å². The Kier molecular flexibility index (Phi) is 2.57. The SMILES string of the molecule is C#CC(C)(C)NCc1cc[nH]c1. The van der Waals surface area contributed by atoms with Crippen molar-refractivity contribution in [2.24, 2.45) is 0 Å². The van der Waals surface area contributed by atoms with Gasteiger partial charge in [-0.05, 0) is 25.5 Å². The summed E-state index contributed by atoms with van der Waals surface area (Å²) in [6, 6.07) is 2.03. The molecule has 0 radical (unpaired) electrons. The van der Waals surface area contributed by atoms with Gasteiger partial charge in [0.05, 0.1) is 5.54 Å². The number of nitrogens with one attached hydrogen (secondary N) is 2. The van der Waals surface area contributed by atoms with E-state index in [1.54, 1.807) is 0 Å². The summed E-state index contributed by atoms with van der Waals surface area (Å²) in [7, 11) is 0. The van der Waals surface area contributed by atoms with Gasteiger partial charge in [-0.25, -0.2) is 0 Å².